The first-order chi connectivity index (χ1) is 11.7. The van der Waals surface area contributed by atoms with Crippen LogP contribution in [0, 0.1) is 0 Å². The molecule has 0 saturated carbocycles. The summed E-state index contributed by atoms with van der Waals surface area (Å²) in [5, 5.41) is 20.6. The number of anilines is 2. The van der Waals surface area contributed by atoms with Crippen LogP contribution in [0.15, 0.2) is 54.9 Å². The molecule has 0 spiro atoms. The molecule has 1 aromatic carbocycles. The molecular formula is C17H17N7. The Hall–Kier alpha value is -3.22. The third-order valence-electron chi connectivity index (χ3n) is 3.70. The van der Waals surface area contributed by atoms with Crippen LogP contribution >= 0.6 is 0 Å². The molecule has 3 heterocycles. The molecule has 0 bridgehead atoms. The van der Waals surface area contributed by atoms with Crippen LogP contribution in [0.25, 0.3) is 17.0 Å². The van der Waals surface area contributed by atoms with Crippen molar-refractivity contribution in [3.05, 3.63) is 54.9 Å². The van der Waals surface area contributed by atoms with Gasteiger partial charge < -0.3 is 5.32 Å². The zero-order chi connectivity index (χ0) is 16.5. The fourth-order valence-electron chi connectivity index (χ4n) is 2.46. The second-order valence-electron chi connectivity index (χ2n) is 5.81. The first-order valence-electron chi connectivity index (χ1n) is 7.80. The van der Waals surface area contributed by atoms with Crippen molar-refractivity contribution < 1.29 is 0 Å². The lowest BCUT2D eigenvalue weighted by atomic mass is 10.2. The molecule has 0 aliphatic rings. The Morgan fingerprint density at radius 1 is 1.00 bits per heavy atom. The van der Waals surface area contributed by atoms with Crippen LogP contribution in [0.5, 0.6) is 0 Å². The number of hydrogen-bond acceptors (Lipinski definition) is 5. The van der Waals surface area contributed by atoms with E-state index >= 15 is 0 Å². The molecule has 0 aliphatic heterocycles. The molecule has 0 aliphatic carbocycles. The summed E-state index contributed by atoms with van der Waals surface area (Å²) in [7, 11) is 0. The van der Waals surface area contributed by atoms with E-state index in [4.69, 9.17) is 0 Å². The van der Waals surface area contributed by atoms with Crippen LogP contribution in [0.4, 0.5) is 11.5 Å². The van der Waals surface area contributed by atoms with E-state index in [1.54, 1.807) is 10.7 Å². The van der Waals surface area contributed by atoms with E-state index < -0.39 is 0 Å². The standard InChI is InChI=1S/C17H17N7/c1-12(2)23-11-14(10-18-23)19-15-8-9-16-20-21-17(24(16)22-15)13-6-4-3-5-7-13/h3-12H,1-2H3,(H,19,22). The minimum Gasteiger partial charge on any atom is -0.336 e. The molecule has 0 atom stereocenters. The Labute approximate surface area is 139 Å². The van der Waals surface area contributed by atoms with Crippen molar-refractivity contribution in [1.82, 2.24) is 29.6 Å². The molecule has 1 N–H and O–H groups in total. The highest BCUT2D eigenvalue weighted by molar-refractivity contribution is 5.61. The van der Waals surface area contributed by atoms with Gasteiger partial charge in [0.25, 0.3) is 0 Å². The summed E-state index contributed by atoms with van der Waals surface area (Å²) in [4.78, 5) is 0. The molecule has 24 heavy (non-hydrogen) atoms. The van der Waals surface area contributed by atoms with Crippen molar-refractivity contribution in [2.24, 2.45) is 0 Å². The number of nitrogens with one attached hydrogen (secondary N) is 1. The molecule has 3 aromatic heterocycles. The quantitative estimate of drug-likeness (QED) is 0.625. The summed E-state index contributed by atoms with van der Waals surface area (Å²) in [5.74, 6) is 1.43. The normalized spacial score (nSPS) is 11.3. The molecule has 0 fully saturated rings. The van der Waals surface area contributed by atoms with E-state index in [1.807, 2.05) is 53.3 Å². The molecule has 0 saturated heterocycles. The van der Waals surface area contributed by atoms with Crippen molar-refractivity contribution in [2.75, 3.05) is 5.32 Å². The number of benzene rings is 1. The van der Waals surface area contributed by atoms with E-state index in [0.717, 1.165) is 11.3 Å². The first kappa shape index (κ1) is 14.4. The second-order valence-corrected chi connectivity index (χ2v) is 5.81. The molecular weight excluding hydrogens is 302 g/mol. The monoisotopic (exact) mass is 319 g/mol. The maximum atomic E-state index is 4.60. The van der Waals surface area contributed by atoms with Gasteiger partial charge >= 0.3 is 0 Å². The fraction of sp³-hybridized carbons (Fsp3) is 0.176. The maximum absolute atomic E-state index is 4.60. The smallest absolute Gasteiger partial charge is 0.185 e. The fourth-order valence-corrected chi connectivity index (χ4v) is 2.46. The summed E-state index contributed by atoms with van der Waals surface area (Å²) in [6.07, 6.45) is 3.75. The summed E-state index contributed by atoms with van der Waals surface area (Å²) >= 11 is 0. The number of fused-ring (bicyclic) bond motifs is 1. The highest BCUT2D eigenvalue weighted by Gasteiger charge is 2.10. The molecule has 7 heteroatoms. The Kier molecular flexibility index (Phi) is 3.45. The third kappa shape index (κ3) is 2.60. The number of rotatable bonds is 4. The van der Waals surface area contributed by atoms with Gasteiger partial charge in [-0.1, -0.05) is 30.3 Å². The van der Waals surface area contributed by atoms with Gasteiger partial charge in [-0.15, -0.1) is 15.3 Å². The highest BCUT2D eigenvalue weighted by atomic mass is 15.4. The summed E-state index contributed by atoms with van der Waals surface area (Å²) < 4.78 is 3.64. The Morgan fingerprint density at radius 2 is 1.83 bits per heavy atom. The van der Waals surface area contributed by atoms with Crippen molar-refractivity contribution in [1.29, 1.82) is 0 Å². The van der Waals surface area contributed by atoms with E-state index in [0.29, 0.717) is 23.3 Å². The Bertz CT molecular complexity index is 969. The maximum Gasteiger partial charge on any atom is 0.185 e. The van der Waals surface area contributed by atoms with Gasteiger partial charge in [-0.3, -0.25) is 4.68 Å². The number of hydrogen-bond donors (Lipinski definition) is 1. The van der Waals surface area contributed by atoms with Gasteiger partial charge in [-0.25, -0.2) is 0 Å². The molecule has 0 radical (unpaired) electrons. The topological polar surface area (TPSA) is 72.9 Å². The van der Waals surface area contributed by atoms with Gasteiger partial charge in [0.15, 0.2) is 17.3 Å². The Balaban J connectivity index is 1.69. The highest BCUT2D eigenvalue weighted by Crippen LogP contribution is 2.20. The lowest BCUT2D eigenvalue weighted by molar-refractivity contribution is 0.532. The van der Waals surface area contributed by atoms with Crippen LogP contribution in [-0.2, 0) is 0 Å². The minimum atomic E-state index is 0.318. The van der Waals surface area contributed by atoms with Gasteiger partial charge in [0.05, 0.1) is 11.9 Å². The summed E-state index contributed by atoms with van der Waals surface area (Å²) in [6.45, 7) is 4.18. The average molecular weight is 319 g/mol. The molecule has 0 amide bonds. The van der Waals surface area contributed by atoms with Crippen molar-refractivity contribution >= 4 is 17.2 Å². The van der Waals surface area contributed by atoms with E-state index in [9.17, 15) is 0 Å². The molecule has 4 rings (SSSR count). The number of aromatic nitrogens is 6. The van der Waals surface area contributed by atoms with Crippen LogP contribution in [0.1, 0.15) is 19.9 Å². The van der Waals surface area contributed by atoms with Crippen LogP contribution < -0.4 is 5.32 Å². The van der Waals surface area contributed by atoms with Gasteiger partial charge in [0.2, 0.25) is 0 Å². The van der Waals surface area contributed by atoms with Gasteiger partial charge in [-0.2, -0.15) is 9.61 Å². The predicted molar refractivity (Wildman–Crippen MR) is 92.1 cm³/mol. The van der Waals surface area contributed by atoms with Crippen LogP contribution in [0.3, 0.4) is 0 Å². The van der Waals surface area contributed by atoms with Gasteiger partial charge in [0.1, 0.15) is 0 Å². The van der Waals surface area contributed by atoms with E-state index in [-0.39, 0.29) is 0 Å². The largest absolute Gasteiger partial charge is 0.336 e. The first-order valence-corrected chi connectivity index (χ1v) is 7.80. The molecule has 7 nitrogen and oxygen atoms in total. The molecule has 0 unspecified atom stereocenters. The lowest BCUT2D eigenvalue weighted by Crippen LogP contribution is -2.01. The van der Waals surface area contributed by atoms with Crippen LogP contribution in [0.2, 0.25) is 0 Å². The average Bonchev–Trinajstić information content (AvgIpc) is 3.22. The van der Waals surface area contributed by atoms with Gasteiger partial charge in [-0.05, 0) is 26.0 Å². The lowest BCUT2D eigenvalue weighted by Gasteiger charge is -2.05. The molecule has 4 aromatic rings. The minimum absolute atomic E-state index is 0.318. The zero-order valence-corrected chi connectivity index (χ0v) is 13.5. The molecule has 120 valence electrons. The van der Waals surface area contributed by atoms with Crippen LogP contribution in [-0.4, -0.2) is 29.6 Å². The van der Waals surface area contributed by atoms with Crippen molar-refractivity contribution in [2.45, 2.75) is 19.9 Å². The summed E-state index contributed by atoms with van der Waals surface area (Å²) in [6, 6.07) is 14.0. The Morgan fingerprint density at radius 3 is 2.58 bits per heavy atom. The van der Waals surface area contributed by atoms with Crippen molar-refractivity contribution in [3.63, 3.8) is 0 Å². The number of nitrogens with zero attached hydrogens (tertiary/aromatic N) is 6. The predicted octanol–water partition coefficient (Wildman–Crippen LogP) is 3.31. The van der Waals surface area contributed by atoms with Gasteiger partial charge in [0, 0.05) is 17.8 Å². The summed E-state index contributed by atoms with van der Waals surface area (Å²) in [5.41, 5.74) is 2.57. The van der Waals surface area contributed by atoms with E-state index in [2.05, 4.69) is 39.6 Å². The third-order valence-corrected chi connectivity index (χ3v) is 3.70. The zero-order valence-electron chi connectivity index (χ0n) is 13.5. The van der Waals surface area contributed by atoms with E-state index in [1.165, 1.54) is 0 Å². The van der Waals surface area contributed by atoms with Crippen molar-refractivity contribution in [3.8, 4) is 11.4 Å². The second kappa shape index (κ2) is 5.77. The SMILES string of the molecule is CC(C)n1cc(Nc2ccc3nnc(-c4ccccc4)n3n2)cn1.